The molecule has 0 radical (unpaired) electrons. The number of carbonyl (C=O) groups excluding carboxylic acids is 1. The molecule has 0 bridgehead atoms. The van der Waals surface area contributed by atoms with E-state index in [0.29, 0.717) is 5.56 Å². The number of benzene rings is 1. The molecule has 1 fully saturated rings. The summed E-state index contributed by atoms with van der Waals surface area (Å²) >= 11 is 0. The Morgan fingerprint density at radius 2 is 1.92 bits per heavy atom. The Kier molecular flexibility index (Phi) is 3.87. The Balaban J connectivity index is 1.55. The molecular weight excluding hydrogens is 314 g/mol. The minimum absolute atomic E-state index is 0.0783. The van der Waals surface area contributed by atoms with Gasteiger partial charge in [-0.1, -0.05) is 0 Å². The smallest absolute Gasteiger partial charge is 0.254 e. The molecule has 0 unspecified atom stereocenters. The number of hydrogen-bond donors (Lipinski definition) is 0. The minimum Gasteiger partial charge on any atom is -0.331 e. The lowest BCUT2D eigenvalue weighted by molar-refractivity contribution is 0.0735. The number of hydrogen-bond acceptors (Lipinski definition) is 3. The van der Waals surface area contributed by atoms with Crippen LogP contribution in [0, 0.1) is 6.92 Å². The Morgan fingerprint density at radius 3 is 2.56 bits per heavy atom. The lowest BCUT2D eigenvalue weighted by Crippen LogP contribution is -2.30. The molecular formula is C19H21N5O. The lowest BCUT2D eigenvalue weighted by atomic mass is 10.1. The number of aromatic nitrogens is 4. The van der Waals surface area contributed by atoms with Crippen molar-refractivity contribution in [2.75, 3.05) is 6.54 Å². The molecule has 128 valence electrons. The average molecular weight is 335 g/mol. The second-order valence-electron chi connectivity index (χ2n) is 6.61. The number of rotatable bonds is 3. The molecule has 1 aliphatic heterocycles. The monoisotopic (exact) mass is 335 g/mol. The molecule has 6 nitrogen and oxygen atoms in total. The fourth-order valence-electron chi connectivity index (χ4n) is 3.45. The zero-order valence-corrected chi connectivity index (χ0v) is 14.5. The molecule has 4 rings (SSSR count). The van der Waals surface area contributed by atoms with Crippen molar-refractivity contribution >= 4 is 5.91 Å². The zero-order valence-electron chi connectivity index (χ0n) is 14.5. The topological polar surface area (TPSA) is 56.0 Å². The number of likely N-dealkylation sites (tertiary alicyclic amines) is 1. The van der Waals surface area contributed by atoms with Crippen LogP contribution in [-0.4, -0.2) is 36.9 Å². The first-order valence-electron chi connectivity index (χ1n) is 8.53. The van der Waals surface area contributed by atoms with Crippen LogP contribution in [-0.2, 0) is 7.05 Å². The van der Waals surface area contributed by atoms with Crippen molar-refractivity contribution in [3.63, 3.8) is 0 Å². The average Bonchev–Trinajstić information content (AvgIpc) is 3.34. The van der Waals surface area contributed by atoms with E-state index in [-0.39, 0.29) is 11.9 Å². The summed E-state index contributed by atoms with van der Waals surface area (Å²) in [5, 5.41) is 8.55. The van der Waals surface area contributed by atoms with Crippen LogP contribution < -0.4 is 0 Å². The molecule has 0 N–H and O–H groups in total. The molecule has 25 heavy (non-hydrogen) atoms. The van der Waals surface area contributed by atoms with Crippen LogP contribution >= 0.6 is 0 Å². The highest BCUT2D eigenvalue weighted by Gasteiger charge is 2.31. The van der Waals surface area contributed by atoms with Crippen LogP contribution in [0.5, 0.6) is 0 Å². The molecule has 1 aromatic carbocycles. The van der Waals surface area contributed by atoms with Crippen molar-refractivity contribution in [3.05, 3.63) is 65.7 Å². The van der Waals surface area contributed by atoms with Crippen LogP contribution in [0.2, 0.25) is 0 Å². The largest absolute Gasteiger partial charge is 0.331 e. The van der Waals surface area contributed by atoms with Gasteiger partial charge in [-0.3, -0.25) is 9.48 Å². The van der Waals surface area contributed by atoms with E-state index in [0.717, 1.165) is 36.2 Å². The molecule has 0 aliphatic carbocycles. The molecule has 1 saturated heterocycles. The van der Waals surface area contributed by atoms with Crippen LogP contribution in [0.4, 0.5) is 0 Å². The number of carbonyl (C=O) groups is 1. The summed E-state index contributed by atoms with van der Waals surface area (Å²) in [6.07, 6.45) is 9.66. The maximum Gasteiger partial charge on any atom is 0.254 e. The summed E-state index contributed by atoms with van der Waals surface area (Å²) in [6.45, 7) is 2.80. The summed E-state index contributed by atoms with van der Waals surface area (Å²) in [7, 11) is 1.90. The van der Waals surface area contributed by atoms with Crippen LogP contribution in [0.1, 0.15) is 40.4 Å². The fraction of sp³-hybridized carbons (Fsp3) is 0.316. The quantitative estimate of drug-likeness (QED) is 0.739. The van der Waals surface area contributed by atoms with E-state index < -0.39 is 0 Å². The Bertz CT molecular complexity index is 893. The summed E-state index contributed by atoms with van der Waals surface area (Å²) in [5.74, 6) is 0.0783. The van der Waals surface area contributed by atoms with E-state index in [1.54, 1.807) is 4.68 Å². The van der Waals surface area contributed by atoms with E-state index >= 15 is 0 Å². The molecule has 6 heteroatoms. The highest BCUT2D eigenvalue weighted by Crippen LogP contribution is 2.32. The van der Waals surface area contributed by atoms with Gasteiger partial charge < -0.3 is 4.90 Å². The summed E-state index contributed by atoms with van der Waals surface area (Å²) in [6, 6.07) is 7.76. The van der Waals surface area contributed by atoms with Crippen LogP contribution in [0.3, 0.4) is 0 Å². The maximum absolute atomic E-state index is 13.0. The van der Waals surface area contributed by atoms with Crippen LogP contribution in [0.25, 0.3) is 5.69 Å². The Morgan fingerprint density at radius 1 is 1.12 bits per heavy atom. The van der Waals surface area contributed by atoms with Gasteiger partial charge in [0.15, 0.2) is 0 Å². The van der Waals surface area contributed by atoms with Crippen molar-refractivity contribution in [2.24, 2.45) is 7.05 Å². The predicted molar refractivity (Wildman–Crippen MR) is 94.5 cm³/mol. The molecule has 0 spiro atoms. The van der Waals surface area contributed by atoms with Crippen molar-refractivity contribution in [3.8, 4) is 5.69 Å². The molecule has 3 heterocycles. The highest BCUT2D eigenvalue weighted by atomic mass is 16.2. The van der Waals surface area contributed by atoms with Gasteiger partial charge in [0, 0.05) is 37.1 Å². The lowest BCUT2D eigenvalue weighted by Gasteiger charge is -2.24. The van der Waals surface area contributed by atoms with Gasteiger partial charge in [-0.15, -0.1) is 0 Å². The van der Waals surface area contributed by atoms with E-state index in [4.69, 9.17) is 0 Å². The standard InChI is InChI=1S/C19H21N5O/c1-14-10-21-24(12-14)17-7-5-15(6-8-17)19(25)23-9-3-4-18(23)16-11-20-22(2)13-16/h5-8,10-13,18H,3-4,9H2,1-2H3/t18-/m1/s1. The van der Waals surface area contributed by atoms with Crippen molar-refractivity contribution in [2.45, 2.75) is 25.8 Å². The first-order chi connectivity index (χ1) is 12.1. The van der Waals surface area contributed by atoms with Crippen molar-refractivity contribution in [1.82, 2.24) is 24.5 Å². The second-order valence-corrected chi connectivity index (χ2v) is 6.61. The number of aryl methyl sites for hydroxylation is 2. The van der Waals surface area contributed by atoms with Gasteiger partial charge in [0.25, 0.3) is 5.91 Å². The van der Waals surface area contributed by atoms with Gasteiger partial charge >= 0.3 is 0 Å². The first kappa shape index (κ1) is 15.6. The van der Waals surface area contributed by atoms with Crippen molar-refractivity contribution < 1.29 is 4.79 Å². The molecule has 1 atom stereocenters. The maximum atomic E-state index is 13.0. The summed E-state index contributed by atoms with van der Waals surface area (Å²) < 4.78 is 3.61. The van der Waals surface area contributed by atoms with Crippen molar-refractivity contribution in [1.29, 1.82) is 0 Å². The van der Waals surface area contributed by atoms with Gasteiger partial charge in [0.2, 0.25) is 0 Å². The highest BCUT2D eigenvalue weighted by molar-refractivity contribution is 5.94. The third-order valence-corrected chi connectivity index (χ3v) is 4.71. The minimum atomic E-state index is 0.0783. The Hall–Kier alpha value is -2.89. The summed E-state index contributed by atoms with van der Waals surface area (Å²) in [4.78, 5) is 14.9. The van der Waals surface area contributed by atoms with E-state index in [9.17, 15) is 4.79 Å². The third-order valence-electron chi connectivity index (χ3n) is 4.71. The van der Waals surface area contributed by atoms with Gasteiger partial charge in [-0.05, 0) is 49.6 Å². The van der Waals surface area contributed by atoms with E-state index in [1.165, 1.54) is 0 Å². The number of nitrogens with zero attached hydrogens (tertiary/aromatic N) is 5. The molecule has 2 aromatic heterocycles. The first-order valence-corrected chi connectivity index (χ1v) is 8.53. The molecule has 3 aromatic rings. The Labute approximate surface area is 146 Å². The normalized spacial score (nSPS) is 17.2. The zero-order chi connectivity index (χ0) is 17.4. The third kappa shape index (κ3) is 2.95. The predicted octanol–water partition coefficient (Wildman–Crippen LogP) is 2.89. The SMILES string of the molecule is Cc1cnn(-c2ccc(C(=O)N3CCC[C@@H]3c3cnn(C)c3)cc2)c1. The number of amides is 1. The fourth-order valence-corrected chi connectivity index (χ4v) is 3.45. The van der Waals surface area contributed by atoms with Gasteiger partial charge in [0.1, 0.15) is 0 Å². The van der Waals surface area contributed by atoms with Gasteiger partial charge in [-0.2, -0.15) is 10.2 Å². The molecule has 1 amide bonds. The van der Waals surface area contributed by atoms with Crippen LogP contribution in [0.15, 0.2) is 49.1 Å². The van der Waals surface area contributed by atoms with Gasteiger partial charge in [-0.25, -0.2) is 4.68 Å². The second kappa shape index (κ2) is 6.20. The molecule has 0 saturated carbocycles. The molecule has 1 aliphatic rings. The summed E-state index contributed by atoms with van der Waals surface area (Å²) in [5.41, 5.74) is 3.88. The van der Waals surface area contributed by atoms with Gasteiger partial charge in [0.05, 0.1) is 24.1 Å². The van der Waals surface area contributed by atoms with E-state index in [2.05, 4.69) is 10.2 Å². The van der Waals surface area contributed by atoms with E-state index in [1.807, 2.05) is 72.6 Å².